The molecule has 4 aromatic heterocycles. The average Bonchev–Trinajstić information content (AvgIpc) is 3.16. The van der Waals surface area contributed by atoms with Crippen LogP contribution in [0.25, 0.3) is 22.8 Å². The van der Waals surface area contributed by atoms with Crippen LogP contribution >= 0.6 is 0 Å². The summed E-state index contributed by atoms with van der Waals surface area (Å²) in [5.41, 5.74) is -1.89. The van der Waals surface area contributed by atoms with Crippen LogP contribution in [0.4, 0.5) is 26.3 Å². The second-order valence-corrected chi connectivity index (χ2v) is 7.51. The van der Waals surface area contributed by atoms with Crippen molar-refractivity contribution in [2.45, 2.75) is 25.4 Å². The Morgan fingerprint density at radius 3 is 1.97 bits per heavy atom. The van der Waals surface area contributed by atoms with Crippen LogP contribution in [0.1, 0.15) is 30.9 Å². The molecule has 0 saturated carbocycles. The number of rotatable bonds is 4. The maximum atomic E-state index is 14.1. The van der Waals surface area contributed by atoms with Crippen LogP contribution in [-0.4, -0.2) is 19.9 Å². The summed E-state index contributed by atoms with van der Waals surface area (Å²) in [4.78, 5) is 18.4. The number of halogens is 6. The maximum absolute atomic E-state index is 14.1. The molecule has 178 valence electrons. The number of hydrogen-bond donors (Lipinski definition) is 0. The van der Waals surface area contributed by atoms with Gasteiger partial charge in [0.1, 0.15) is 17.8 Å². The zero-order valence-corrected chi connectivity index (χ0v) is 19.6. The molecule has 0 fully saturated rings. The third-order valence-electron chi connectivity index (χ3n) is 4.90. The van der Waals surface area contributed by atoms with E-state index in [9.17, 15) is 26.3 Å². The molecule has 0 aromatic carbocycles. The Hall–Kier alpha value is -3.07. The molecule has 0 aliphatic heterocycles. The summed E-state index contributed by atoms with van der Waals surface area (Å²) in [6.07, 6.45) is -4.99. The van der Waals surface area contributed by atoms with Gasteiger partial charge in [0.2, 0.25) is 0 Å². The Kier molecular flexibility index (Phi) is 6.98. The molecule has 0 bridgehead atoms. The number of nitrogens with zero attached hydrogens (tertiary/aromatic N) is 5. The summed E-state index contributed by atoms with van der Waals surface area (Å²) in [7, 11) is 0. The van der Waals surface area contributed by atoms with Gasteiger partial charge in [-0.2, -0.15) is 13.2 Å². The van der Waals surface area contributed by atoms with Crippen molar-refractivity contribution in [3.05, 3.63) is 83.5 Å². The van der Waals surface area contributed by atoms with Gasteiger partial charge in [-0.05, 0) is 43.6 Å². The first-order valence-corrected chi connectivity index (χ1v) is 9.44. The first-order valence-electron chi connectivity index (χ1n) is 9.44. The number of aromatic nitrogens is 5. The van der Waals surface area contributed by atoms with Crippen molar-refractivity contribution in [1.82, 2.24) is 24.9 Å². The minimum atomic E-state index is -4.99. The van der Waals surface area contributed by atoms with Gasteiger partial charge in [-0.15, -0.1) is 6.07 Å². The second-order valence-electron chi connectivity index (χ2n) is 7.51. The molecule has 4 aromatic rings. The molecule has 12 heteroatoms. The van der Waals surface area contributed by atoms with Crippen molar-refractivity contribution < 1.29 is 47.4 Å². The first-order chi connectivity index (χ1) is 15.5. The largest absolute Gasteiger partial charge is 2.00 e. The van der Waals surface area contributed by atoms with E-state index in [1.165, 1.54) is 18.2 Å². The fourth-order valence-electron chi connectivity index (χ4n) is 3.13. The van der Waals surface area contributed by atoms with Gasteiger partial charge >= 0.3 is 27.2 Å². The molecular weight excluding hydrogens is 643 g/mol. The predicted octanol–water partition coefficient (Wildman–Crippen LogP) is 5.12. The normalized spacial score (nSPS) is 11.9. The number of imidazole rings is 1. The molecule has 0 radical (unpaired) electrons. The van der Waals surface area contributed by atoms with E-state index in [1.54, 1.807) is 32.0 Å². The Bertz CT molecular complexity index is 1340. The van der Waals surface area contributed by atoms with E-state index in [1.807, 2.05) is 0 Å². The summed E-state index contributed by atoms with van der Waals surface area (Å²) >= 11 is 0. The Labute approximate surface area is 204 Å². The Balaban J connectivity index is 0.00000324. The van der Waals surface area contributed by atoms with Crippen LogP contribution in [0, 0.1) is 23.9 Å². The molecular formula is C22H13F6N5Pt. The third-order valence-corrected chi connectivity index (χ3v) is 4.90. The third kappa shape index (κ3) is 4.89. The van der Waals surface area contributed by atoms with E-state index in [-0.39, 0.29) is 38.0 Å². The number of hydrogen-bond acceptors (Lipinski definition) is 4. The SMILES string of the molecule is CC(C)(c1cccc(-c2nc(C(F)(F)F)c(F)[n-]2)n1)c1cccc(-c2[c-]cc(F)nc2F)n1.[Pt+2]. The van der Waals surface area contributed by atoms with Crippen molar-refractivity contribution in [3.8, 4) is 22.8 Å². The zero-order valence-electron chi connectivity index (χ0n) is 17.4. The van der Waals surface area contributed by atoms with Crippen molar-refractivity contribution >= 4 is 0 Å². The Morgan fingerprint density at radius 1 is 0.824 bits per heavy atom. The second kappa shape index (κ2) is 9.29. The van der Waals surface area contributed by atoms with Crippen molar-refractivity contribution in [1.29, 1.82) is 0 Å². The van der Waals surface area contributed by atoms with E-state index in [0.717, 1.165) is 6.07 Å². The van der Waals surface area contributed by atoms with Gasteiger partial charge in [0.25, 0.3) is 0 Å². The van der Waals surface area contributed by atoms with Crippen molar-refractivity contribution in [2.24, 2.45) is 0 Å². The zero-order chi connectivity index (χ0) is 24.0. The molecule has 4 rings (SSSR count). The maximum Gasteiger partial charge on any atom is 2.00 e. The van der Waals surface area contributed by atoms with E-state index < -0.39 is 41.0 Å². The van der Waals surface area contributed by atoms with E-state index >= 15 is 0 Å². The molecule has 0 atom stereocenters. The molecule has 5 nitrogen and oxygen atoms in total. The van der Waals surface area contributed by atoms with E-state index in [4.69, 9.17) is 0 Å². The summed E-state index contributed by atoms with van der Waals surface area (Å²) in [5.74, 6) is -4.33. The molecule has 0 aliphatic carbocycles. The van der Waals surface area contributed by atoms with Gasteiger partial charge in [-0.3, -0.25) is 9.97 Å². The minimum absolute atomic E-state index is 0. The van der Waals surface area contributed by atoms with Crippen LogP contribution in [0.2, 0.25) is 0 Å². The number of pyridine rings is 3. The summed E-state index contributed by atoms with van der Waals surface area (Å²) in [6, 6.07) is 12.6. The molecule has 0 amide bonds. The standard InChI is InChI=1S/C22H13F6N5.Pt/c1-21(2,14-7-3-5-12(29-14)11-9-10-16(23)31-18(11)24)15-8-4-6-13(30-15)20-32-17(19(25)33-20)22(26,27)28;/h3-8,10H,1-2H3;/q-2;+2. The smallest absolute Gasteiger partial charge is 0.428 e. The first kappa shape index (κ1) is 25.5. The van der Waals surface area contributed by atoms with Crippen LogP contribution in [0.5, 0.6) is 0 Å². The molecule has 0 spiro atoms. The van der Waals surface area contributed by atoms with Crippen LogP contribution in [0.15, 0.2) is 42.5 Å². The van der Waals surface area contributed by atoms with Crippen molar-refractivity contribution in [2.75, 3.05) is 0 Å². The van der Waals surface area contributed by atoms with Gasteiger partial charge in [0, 0.05) is 11.1 Å². The fourth-order valence-corrected chi connectivity index (χ4v) is 3.13. The van der Waals surface area contributed by atoms with Crippen molar-refractivity contribution in [3.63, 3.8) is 0 Å². The summed E-state index contributed by atoms with van der Waals surface area (Å²) in [6.45, 7) is 3.48. The summed E-state index contributed by atoms with van der Waals surface area (Å²) < 4.78 is 79.5. The molecule has 4 heterocycles. The molecule has 0 saturated heterocycles. The van der Waals surface area contributed by atoms with Crippen LogP contribution < -0.4 is 4.98 Å². The Morgan fingerprint density at radius 2 is 1.41 bits per heavy atom. The van der Waals surface area contributed by atoms with Crippen LogP contribution in [-0.2, 0) is 32.7 Å². The monoisotopic (exact) mass is 656 g/mol. The van der Waals surface area contributed by atoms with Crippen LogP contribution in [0.3, 0.4) is 0 Å². The van der Waals surface area contributed by atoms with E-state index in [2.05, 4.69) is 31.0 Å². The fraction of sp³-hybridized carbons (Fsp3) is 0.182. The molecule has 0 N–H and O–H groups in total. The molecule has 34 heavy (non-hydrogen) atoms. The van der Waals surface area contributed by atoms with Gasteiger partial charge in [-0.25, -0.2) is 13.2 Å². The average molecular weight is 656 g/mol. The molecule has 0 aliphatic rings. The van der Waals surface area contributed by atoms with Gasteiger partial charge < -0.3 is 15.0 Å². The quantitative estimate of drug-likeness (QED) is 0.174. The summed E-state index contributed by atoms with van der Waals surface area (Å²) in [5, 5.41) is 0. The van der Waals surface area contributed by atoms with Gasteiger partial charge in [0.05, 0.1) is 17.1 Å². The van der Waals surface area contributed by atoms with Gasteiger partial charge in [-0.1, -0.05) is 29.8 Å². The number of alkyl halides is 3. The van der Waals surface area contributed by atoms with E-state index in [0.29, 0.717) is 11.4 Å². The minimum Gasteiger partial charge on any atom is -0.428 e. The molecule has 0 unspecified atom stereocenters. The van der Waals surface area contributed by atoms with Gasteiger partial charge in [0.15, 0.2) is 0 Å². The predicted molar refractivity (Wildman–Crippen MR) is 104 cm³/mol. The topological polar surface area (TPSA) is 65.7 Å².